The van der Waals surface area contributed by atoms with Gasteiger partial charge in [0.2, 0.25) is 0 Å². The van der Waals surface area contributed by atoms with E-state index in [4.69, 9.17) is 9.47 Å². The minimum Gasteiger partial charge on any atom is -0.374 e. The van der Waals surface area contributed by atoms with Crippen molar-refractivity contribution >= 4 is 0 Å². The van der Waals surface area contributed by atoms with E-state index in [-0.39, 0.29) is 5.41 Å². The Kier molecular flexibility index (Phi) is 7.37. The number of ether oxygens (including phenoxy) is 2. The van der Waals surface area contributed by atoms with Crippen molar-refractivity contribution in [3.8, 4) is 0 Å². The predicted octanol–water partition coefficient (Wildman–Crippen LogP) is 4.64. The van der Waals surface area contributed by atoms with Crippen molar-refractivity contribution in [1.82, 2.24) is 4.90 Å². The van der Waals surface area contributed by atoms with Gasteiger partial charge in [0.1, 0.15) is 0 Å². The van der Waals surface area contributed by atoms with Crippen LogP contribution in [0, 0.1) is 5.41 Å². The van der Waals surface area contributed by atoms with Crippen LogP contribution in [0.15, 0.2) is 0 Å². The summed E-state index contributed by atoms with van der Waals surface area (Å²) in [5.74, 6) is 0. The summed E-state index contributed by atoms with van der Waals surface area (Å²) in [7, 11) is 0. The highest BCUT2D eigenvalue weighted by atomic mass is 16.5. The Labute approximate surface area is 144 Å². The standard InChI is InChI=1S/C20H39NO2/c1-16-14-21(15-17(2)22-16)13-9-12-19(20(3,4)5)23-18-10-7-6-8-11-18/h16-19H,6-15H2,1-5H3. The molecule has 0 aromatic rings. The molecule has 2 aliphatic rings. The molecule has 3 nitrogen and oxygen atoms in total. The quantitative estimate of drug-likeness (QED) is 0.710. The lowest BCUT2D eigenvalue weighted by Crippen LogP contribution is -2.46. The third-order valence-corrected chi connectivity index (χ3v) is 5.31. The lowest BCUT2D eigenvalue weighted by atomic mass is 9.85. The minimum atomic E-state index is 0.239. The molecule has 1 saturated carbocycles. The van der Waals surface area contributed by atoms with E-state index in [1.54, 1.807) is 0 Å². The Bertz CT molecular complexity index is 323. The van der Waals surface area contributed by atoms with Gasteiger partial charge in [0, 0.05) is 13.1 Å². The van der Waals surface area contributed by atoms with Crippen LogP contribution in [-0.4, -0.2) is 49.0 Å². The molecule has 0 aromatic heterocycles. The van der Waals surface area contributed by atoms with Crippen LogP contribution in [0.4, 0.5) is 0 Å². The Hall–Kier alpha value is -0.120. The second-order valence-electron chi connectivity index (χ2n) is 8.91. The highest BCUT2D eigenvalue weighted by Crippen LogP contribution is 2.31. The van der Waals surface area contributed by atoms with Gasteiger partial charge in [-0.3, -0.25) is 4.90 Å². The van der Waals surface area contributed by atoms with Gasteiger partial charge in [-0.15, -0.1) is 0 Å². The molecule has 3 unspecified atom stereocenters. The first kappa shape index (κ1) is 19.2. The highest BCUT2D eigenvalue weighted by molar-refractivity contribution is 4.79. The Morgan fingerprint density at radius 1 is 1.04 bits per heavy atom. The molecule has 0 amide bonds. The van der Waals surface area contributed by atoms with E-state index in [0.29, 0.717) is 24.4 Å². The van der Waals surface area contributed by atoms with Gasteiger partial charge in [-0.05, 0) is 51.5 Å². The molecule has 1 aliphatic carbocycles. The first-order valence-corrected chi connectivity index (χ1v) is 9.88. The van der Waals surface area contributed by atoms with Crippen molar-refractivity contribution in [1.29, 1.82) is 0 Å². The van der Waals surface area contributed by atoms with Crippen LogP contribution in [0.25, 0.3) is 0 Å². The molecule has 23 heavy (non-hydrogen) atoms. The van der Waals surface area contributed by atoms with Crippen molar-refractivity contribution < 1.29 is 9.47 Å². The number of hydrogen-bond donors (Lipinski definition) is 0. The number of hydrogen-bond acceptors (Lipinski definition) is 3. The summed E-state index contributed by atoms with van der Waals surface area (Å²) in [5.41, 5.74) is 0.239. The van der Waals surface area contributed by atoms with Crippen LogP contribution in [0.1, 0.15) is 79.6 Å². The van der Waals surface area contributed by atoms with Crippen LogP contribution < -0.4 is 0 Å². The molecule has 0 bridgehead atoms. The Balaban J connectivity index is 1.76. The van der Waals surface area contributed by atoms with E-state index >= 15 is 0 Å². The van der Waals surface area contributed by atoms with Gasteiger partial charge in [-0.25, -0.2) is 0 Å². The van der Waals surface area contributed by atoms with Gasteiger partial charge >= 0.3 is 0 Å². The average Bonchev–Trinajstić information content (AvgIpc) is 2.45. The fourth-order valence-corrected chi connectivity index (χ4v) is 4.11. The van der Waals surface area contributed by atoms with Crippen molar-refractivity contribution in [3.63, 3.8) is 0 Å². The summed E-state index contributed by atoms with van der Waals surface area (Å²) < 4.78 is 12.4. The molecule has 3 heteroatoms. The zero-order chi connectivity index (χ0) is 16.9. The summed E-state index contributed by atoms with van der Waals surface area (Å²) in [6.07, 6.45) is 10.7. The predicted molar refractivity (Wildman–Crippen MR) is 96.9 cm³/mol. The maximum atomic E-state index is 6.54. The summed E-state index contributed by atoms with van der Waals surface area (Å²) in [4.78, 5) is 2.57. The second kappa shape index (κ2) is 8.82. The van der Waals surface area contributed by atoms with Crippen LogP contribution in [0.5, 0.6) is 0 Å². The summed E-state index contributed by atoms with van der Waals surface area (Å²) in [6, 6.07) is 0. The number of nitrogens with zero attached hydrogens (tertiary/aromatic N) is 1. The molecule has 1 saturated heterocycles. The minimum absolute atomic E-state index is 0.239. The Morgan fingerprint density at radius 3 is 2.22 bits per heavy atom. The molecular weight excluding hydrogens is 286 g/mol. The maximum Gasteiger partial charge on any atom is 0.0678 e. The van der Waals surface area contributed by atoms with Gasteiger partial charge in [-0.1, -0.05) is 40.0 Å². The van der Waals surface area contributed by atoms with Crippen molar-refractivity contribution in [2.24, 2.45) is 5.41 Å². The molecule has 1 aliphatic heterocycles. The van der Waals surface area contributed by atoms with E-state index in [2.05, 4.69) is 39.5 Å². The number of rotatable bonds is 6. The van der Waals surface area contributed by atoms with Crippen LogP contribution in [0.3, 0.4) is 0 Å². The third-order valence-electron chi connectivity index (χ3n) is 5.31. The molecule has 0 spiro atoms. The van der Waals surface area contributed by atoms with Crippen LogP contribution in [0.2, 0.25) is 0 Å². The topological polar surface area (TPSA) is 21.7 Å². The fraction of sp³-hybridized carbons (Fsp3) is 1.00. The van der Waals surface area contributed by atoms with E-state index in [1.165, 1.54) is 51.5 Å². The monoisotopic (exact) mass is 325 g/mol. The van der Waals surface area contributed by atoms with Crippen molar-refractivity contribution in [2.45, 2.75) is 104 Å². The van der Waals surface area contributed by atoms with Gasteiger partial charge in [0.25, 0.3) is 0 Å². The summed E-state index contributed by atoms with van der Waals surface area (Å²) in [5, 5.41) is 0. The summed E-state index contributed by atoms with van der Waals surface area (Å²) >= 11 is 0. The highest BCUT2D eigenvalue weighted by Gasteiger charge is 2.29. The molecule has 2 fully saturated rings. The van der Waals surface area contributed by atoms with Gasteiger partial charge in [0.15, 0.2) is 0 Å². The Morgan fingerprint density at radius 2 is 1.65 bits per heavy atom. The van der Waals surface area contributed by atoms with E-state index in [9.17, 15) is 0 Å². The summed E-state index contributed by atoms with van der Waals surface area (Å²) in [6.45, 7) is 14.7. The van der Waals surface area contributed by atoms with Crippen LogP contribution >= 0.6 is 0 Å². The molecule has 136 valence electrons. The zero-order valence-electron chi connectivity index (χ0n) is 16.1. The molecule has 3 atom stereocenters. The SMILES string of the molecule is CC1CN(CCCC(OC2CCCCC2)C(C)(C)C)CC(C)O1. The zero-order valence-corrected chi connectivity index (χ0v) is 16.1. The second-order valence-corrected chi connectivity index (χ2v) is 8.91. The van der Waals surface area contributed by atoms with Crippen LogP contribution in [-0.2, 0) is 9.47 Å². The molecular formula is C20H39NO2. The molecule has 0 N–H and O–H groups in total. The smallest absolute Gasteiger partial charge is 0.0678 e. The normalized spacial score (nSPS) is 29.6. The van der Waals surface area contributed by atoms with Crippen molar-refractivity contribution in [2.75, 3.05) is 19.6 Å². The van der Waals surface area contributed by atoms with Gasteiger partial charge in [-0.2, -0.15) is 0 Å². The van der Waals surface area contributed by atoms with Gasteiger partial charge in [0.05, 0.1) is 24.4 Å². The van der Waals surface area contributed by atoms with E-state index < -0.39 is 0 Å². The van der Waals surface area contributed by atoms with Gasteiger partial charge < -0.3 is 9.47 Å². The van der Waals surface area contributed by atoms with E-state index in [1.807, 2.05) is 0 Å². The maximum absolute atomic E-state index is 6.54. The first-order chi connectivity index (χ1) is 10.8. The lowest BCUT2D eigenvalue weighted by molar-refractivity contribution is -0.0877. The fourth-order valence-electron chi connectivity index (χ4n) is 4.11. The van der Waals surface area contributed by atoms with E-state index in [0.717, 1.165) is 13.1 Å². The molecule has 0 aromatic carbocycles. The average molecular weight is 326 g/mol. The first-order valence-electron chi connectivity index (χ1n) is 9.88. The lowest BCUT2D eigenvalue weighted by Gasteiger charge is -2.37. The molecule has 2 rings (SSSR count). The molecule has 0 radical (unpaired) electrons. The molecule has 1 heterocycles. The van der Waals surface area contributed by atoms with Crippen molar-refractivity contribution in [3.05, 3.63) is 0 Å². The largest absolute Gasteiger partial charge is 0.374 e. The third kappa shape index (κ3) is 6.72. The number of morpholine rings is 1.